The Labute approximate surface area is 150 Å². The second kappa shape index (κ2) is 12.2. The number of anilines is 1. The normalized spacial score (nSPS) is 10.9. The maximum atomic E-state index is 12.3. The van der Waals surface area contributed by atoms with Crippen LogP contribution in [0.2, 0.25) is 0 Å². The van der Waals surface area contributed by atoms with Crippen LogP contribution >= 0.6 is 0 Å². The minimum absolute atomic E-state index is 0.0779. The Bertz CT molecular complexity index is 651. The topological polar surface area (TPSA) is 125 Å². The number of benzene rings is 1. The second-order valence-electron chi connectivity index (χ2n) is 5.05. The van der Waals surface area contributed by atoms with Gasteiger partial charge in [0.05, 0.1) is 11.3 Å². The van der Waals surface area contributed by atoms with Crippen LogP contribution in [-0.2, 0) is 19.9 Å². The number of hydrogen-bond donors (Lipinski definition) is 4. The first-order valence-corrected chi connectivity index (χ1v) is 8.30. The smallest absolute Gasteiger partial charge is 0.259 e. The molecular weight excluding hydrogens is 316 g/mol. The standard InChI is InChI=1S/C15H17N3O.3CH5N/c1-10-13(9-18(2)17-10)15(19)16-14-8-4-6-11-5-3-7-12(11)14;3*1-2/h4,6,8-9H,3,5,7H2,1-2H3,(H,16,19);3*2H2,1H3. The van der Waals surface area contributed by atoms with E-state index in [0.717, 1.165) is 24.2 Å². The SMILES string of the molecule is CN.CN.CN.Cc1nn(C)cc1C(=O)Nc1cccc2c1CCC2. The molecule has 140 valence electrons. The Hall–Kier alpha value is -2.22. The van der Waals surface area contributed by atoms with Crippen molar-refractivity contribution in [1.82, 2.24) is 9.78 Å². The van der Waals surface area contributed by atoms with Crippen molar-refractivity contribution >= 4 is 11.6 Å². The second-order valence-corrected chi connectivity index (χ2v) is 5.05. The van der Waals surface area contributed by atoms with Gasteiger partial charge in [0.2, 0.25) is 0 Å². The Balaban J connectivity index is 0.000000871. The number of carbonyl (C=O) groups is 1. The fourth-order valence-electron chi connectivity index (χ4n) is 2.75. The molecule has 1 amide bonds. The first-order valence-electron chi connectivity index (χ1n) is 8.30. The van der Waals surface area contributed by atoms with E-state index in [2.05, 4.69) is 33.7 Å². The van der Waals surface area contributed by atoms with Crippen molar-refractivity contribution in [2.24, 2.45) is 24.2 Å². The molecule has 1 aromatic carbocycles. The minimum atomic E-state index is -0.0779. The number of nitrogens with one attached hydrogen (secondary N) is 1. The van der Waals surface area contributed by atoms with Gasteiger partial charge in [-0.3, -0.25) is 9.48 Å². The molecular formula is C18H32N6O. The molecule has 1 aliphatic rings. The number of aromatic nitrogens is 2. The van der Waals surface area contributed by atoms with Crippen LogP contribution in [0, 0.1) is 6.92 Å². The van der Waals surface area contributed by atoms with Crippen LogP contribution in [0.5, 0.6) is 0 Å². The predicted molar refractivity (Wildman–Crippen MR) is 105 cm³/mol. The lowest BCUT2D eigenvalue weighted by molar-refractivity contribution is 0.102. The van der Waals surface area contributed by atoms with Crippen molar-refractivity contribution in [1.29, 1.82) is 0 Å². The summed E-state index contributed by atoms with van der Waals surface area (Å²) in [5, 5.41) is 7.22. The summed E-state index contributed by atoms with van der Waals surface area (Å²) in [5.74, 6) is -0.0779. The maximum Gasteiger partial charge on any atom is 0.259 e. The largest absolute Gasteiger partial charge is 0.333 e. The van der Waals surface area contributed by atoms with Crippen LogP contribution in [0.4, 0.5) is 5.69 Å². The van der Waals surface area contributed by atoms with E-state index in [9.17, 15) is 4.79 Å². The summed E-state index contributed by atoms with van der Waals surface area (Å²) in [6.45, 7) is 1.85. The van der Waals surface area contributed by atoms with Crippen LogP contribution in [0.3, 0.4) is 0 Å². The molecule has 0 saturated heterocycles. The monoisotopic (exact) mass is 348 g/mol. The van der Waals surface area contributed by atoms with Crippen molar-refractivity contribution in [3.63, 3.8) is 0 Å². The molecule has 25 heavy (non-hydrogen) atoms. The van der Waals surface area contributed by atoms with Gasteiger partial charge in [0.15, 0.2) is 0 Å². The van der Waals surface area contributed by atoms with Gasteiger partial charge in [-0.25, -0.2) is 0 Å². The van der Waals surface area contributed by atoms with Gasteiger partial charge in [-0.2, -0.15) is 5.10 Å². The van der Waals surface area contributed by atoms with Crippen molar-refractivity contribution in [3.8, 4) is 0 Å². The van der Waals surface area contributed by atoms with Crippen molar-refractivity contribution in [2.75, 3.05) is 26.5 Å². The van der Waals surface area contributed by atoms with Crippen LogP contribution in [-0.4, -0.2) is 36.8 Å². The van der Waals surface area contributed by atoms with Crippen molar-refractivity contribution in [3.05, 3.63) is 46.8 Å². The van der Waals surface area contributed by atoms with E-state index in [1.165, 1.54) is 38.7 Å². The van der Waals surface area contributed by atoms with Gasteiger partial charge in [0.1, 0.15) is 0 Å². The molecule has 7 nitrogen and oxygen atoms in total. The highest BCUT2D eigenvalue weighted by Crippen LogP contribution is 2.29. The summed E-state index contributed by atoms with van der Waals surface area (Å²) in [6, 6.07) is 6.14. The van der Waals surface area contributed by atoms with E-state index in [-0.39, 0.29) is 5.91 Å². The molecule has 0 bridgehead atoms. The average molecular weight is 348 g/mol. The third-order valence-electron chi connectivity index (χ3n) is 3.65. The molecule has 0 fully saturated rings. The Morgan fingerprint density at radius 2 is 1.76 bits per heavy atom. The first-order chi connectivity index (χ1) is 12.1. The summed E-state index contributed by atoms with van der Waals surface area (Å²) in [5.41, 5.74) is 18.5. The third kappa shape index (κ3) is 5.97. The third-order valence-corrected chi connectivity index (χ3v) is 3.65. The number of nitrogens with zero attached hydrogens (tertiary/aromatic N) is 2. The van der Waals surface area contributed by atoms with E-state index in [4.69, 9.17) is 0 Å². The Kier molecular flexibility index (Phi) is 11.1. The molecule has 1 aliphatic carbocycles. The van der Waals surface area contributed by atoms with Crippen LogP contribution in [0.15, 0.2) is 24.4 Å². The number of amides is 1. The summed E-state index contributed by atoms with van der Waals surface area (Å²) in [6.07, 6.45) is 5.10. The Morgan fingerprint density at radius 1 is 1.12 bits per heavy atom. The van der Waals surface area contributed by atoms with Gasteiger partial charge in [0.25, 0.3) is 5.91 Å². The summed E-state index contributed by atoms with van der Waals surface area (Å²) in [4.78, 5) is 12.3. The summed E-state index contributed by atoms with van der Waals surface area (Å²) in [7, 11) is 6.32. The highest BCUT2D eigenvalue weighted by molar-refractivity contribution is 6.05. The lowest BCUT2D eigenvalue weighted by atomic mass is 10.1. The molecule has 0 radical (unpaired) electrons. The van der Waals surface area contributed by atoms with Crippen LogP contribution in [0.1, 0.15) is 33.6 Å². The zero-order chi connectivity index (χ0) is 19.4. The molecule has 0 spiro atoms. The van der Waals surface area contributed by atoms with E-state index in [1.54, 1.807) is 10.9 Å². The zero-order valence-corrected chi connectivity index (χ0v) is 16.0. The van der Waals surface area contributed by atoms with Gasteiger partial charge in [-0.15, -0.1) is 0 Å². The number of nitrogens with two attached hydrogens (primary N) is 3. The van der Waals surface area contributed by atoms with E-state index in [0.29, 0.717) is 5.56 Å². The van der Waals surface area contributed by atoms with E-state index in [1.807, 2.05) is 26.1 Å². The predicted octanol–water partition coefficient (Wildman–Crippen LogP) is 1.19. The molecule has 7 heteroatoms. The molecule has 0 atom stereocenters. The molecule has 1 heterocycles. The maximum absolute atomic E-state index is 12.3. The van der Waals surface area contributed by atoms with Crippen molar-refractivity contribution in [2.45, 2.75) is 26.2 Å². The quantitative estimate of drug-likeness (QED) is 0.649. The number of carbonyl (C=O) groups excluding carboxylic acids is 1. The number of aryl methyl sites for hydroxylation is 3. The molecule has 0 aliphatic heterocycles. The first kappa shape index (κ1) is 22.8. The minimum Gasteiger partial charge on any atom is -0.333 e. The lowest BCUT2D eigenvalue weighted by Crippen LogP contribution is -2.13. The van der Waals surface area contributed by atoms with E-state index < -0.39 is 0 Å². The van der Waals surface area contributed by atoms with Gasteiger partial charge < -0.3 is 22.5 Å². The highest BCUT2D eigenvalue weighted by Gasteiger charge is 2.18. The van der Waals surface area contributed by atoms with Crippen LogP contribution < -0.4 is 22.5 Å². The molecule has 2 aromatic rings. The number of rotatable bonds is 2. The van der Waals surface area contributed by atoms with Gasteiger partial charge in [-0.1, -0.05) is 12.1 Å². The molecule has 0 unspecified atom stereocenters. The Morgan fingerprint density at radius 3 is 2.32 bits per heavy atom. The van der Waals surface area contributed by atoms with E-state index >= 15 is 0 Å². The highest BCUT2D eigenvalue weighted by atomic mass is 16.1. The fourth-order valence-corrected chi connectivity index (χ4v) is 2.75. The van der Waals surface area contributed by atoms with Crippen molar-refractivity contribution < 1.29 is 4.79 Å². The van der Waals surface area contributed by atoms with Gasteiger partial charge in [-0.05, 0) is 64.5 Å². The summed E-state index contributed by atoms with van der Waals surface area (Å²) >= 11 is 0. The van der Waals surface area contributed by atoms with Gasteiger partial charge >= 0.3 is 0 Å². The molecule has 7 N–H and O–H groups in total. The zero-order valence-electron chi connectivity index (χ0n) is 16.0. The molecule has 3 rings (SSSR count). The van der Waals surface area contributed by atoms with Crippen LogP contribution in [0.25, 0.3) is 0 Å². The van der Waals surface area contributed by atoms with Gasteiger partial charge in [0, 0.05) is 18.9 Å². The fraction of sp³-hybridized carbons (Fsp3) is 0.444. The lowest BCUT2D eigenvalue weighted by Gasteiger charge is -2.09. The molecule has 0 saturated carbocycles. The molecule has 1 aromatic heterocycles. The number of fused-ring (bicyclic) bond motifs is 1. The average Bonchev–Trinajstić information content (AvgIpc) is 3.27. The summed E-state index contributed by atoms with van der Waals surface area (Å²) < 4.78 is 1.67. The number of hydrogen-bond acceptors (Lipinski definition) is 5.